The topological polar surface area (TPSA) is 75.5 Å². The molecule has 28 heavy (non-hydrogen) atoms. The van der Waals surface area contributed by atoms with E-state index in [0.29, 0.717) is 5.69 Å². The number of nitrogens with zero attached hydrogens (tertiary/aromatic N) is 2. The fourth-order valence-electron chi connectivity index (χ4n) is 2.93. The van der Waals surface area contributed by atoms with E-state index in [9.17, 15) is 9.59 Å². The van der Waals surface area contributed by atoms with Crippen LogP contribution < -0.4 is 10.7 Å². The van der Waals surface area contributed by atoms with Crippen molar-refractivity contribution in [1.82, 2.24) is 9.99 Å². The summed E-state index contributed by atoms with van der Waals surface area (Å²) in [6, 6.07) is 19.1. The van der Waals surface area contributed by atoms with Crippen LogP contribution in [0.2, 0.25) is 0 Å². The van der Waals surface area contributed by atoms with E-state index in [1.165, 1.54) is 0 Å². The molecule has 0 fully saturated rings. The summed E-state index contributed by atoms with van der Waals surface area (Å²) in [5, 5.41) is 6.46. The van der Waals surface area contributed by atoms with Crippen LogP contribution in [0, 0.1) is 20.8 Å². The number of hydrogen-bond donors (Lipinski definition) is 2. The SMILES string of the molecule is Cc1ccc(NC(=O)C(=O)N/N=C\c2cc(C)n(-c3ccccc3)c2C)cc1. The molecule has 3 aromatic rings. The molecule has 6 heteroatoms. The van der Waals surface area contributed by atoms with E-state index < -0.39 is 11.8 Å². The van der Waals surface area contributed by atoms with Gasteiger partial charge in [0.1, 0.15) is 0 Å². The summed E-state index contributed by atoms with van der Waals surface area (Å²) < 4.78 is 2.10. The maximum Gasteiger partial charge on any atom is 0.329 e. The van der Waals surface area contributed by atoms with Crippen LogP contribution in [0.1, 0.15) is 22.5 Å². The third-order valence-corrected chi connectivity index (χ3v) is 4.37. The maximum atomic E-state index is 11.9. The summed E-state index contributed by atoms with van der Waals surface area (Å²) in [7, 11) is 0. The van der Waals surface area contributed by atoms with Crippen molar-refractivity contribution in [3.63, 3.8) is 0 Å². The molecule has 3 rings (SSSR count). The fraction of sp³-hybridized carbons (Fsp3) is 0.136. The Kier molecular flexibility index (Phi) is 5.69. The van der Waals surface area contributed by atoms with E-state index in [0.717, 1.165) is 28.2 Å². The lowest BCUT2D eigenvalue weighted by Gasteiger charge is -2.09. The molecular formula is C22H22N4O2. The van der Waals surface area contributed by atoms with Crippen molar-refractivity contribution in [2.24, 2.45) is 5.10 Å². The minimum atomic E-state index is -0.825. The summed E-state index contributed by atoms with van der Waals surface area (Å²) in [5.41, 5.74) is 7.85. The van der Waals surface area contributed by atoms with E-state index in [1.54, 1.807) is 18.3 Å². The average Bonchev–Trinajstić information content (AvgIpc) is 2.97. The predicted octanol–water partition coefficient (Wildman–Crippen LogP) is 3.49. The van der Waals surface area contributed by atoms with Gasteiger partial charge in [-0.3, -0.25) is 9.59 Å². The van der Waals surface area contributed by atoms with Crippen LogP contribution in [0.3, 0.4) is 0 Å². The molecule has 1 heterocycles. The van der Waals surface area contributed by atoms with E-state index in [4.69, 9.17) is 0 Å². The number of nitrogens with one attached hydrogen (secondary N) is 2. The summed E-state index contributed by atoms with van der Waals surface area (Å²) >= 11 is 0. The highest BCUT2D eigenvalue weighted by atomic mass is 16.2. The quantitative estimate of drug-likeness (QED) is 0.417. The number of amides is 2. The molecule has 0 unspecified atom stereocenters. The highest BCUT2D eigenvalue weighted by Crippen LogP contribution is 2.19. The Morgan fingerprint density at radius 1 is 0.929 bits per heavy atom. The number of aryl methyl sites for hydroxylation is 2. The summed E-state index contributed by atoms with van der Waals surface area (Å²) in [6.07, 6.45) is 1.54. The average molecular weight is 374 g/mol. The Labute approximate surface area is 163 Å². The van der Waals surface area contributed by atoms with Gasteiger partial charge in [-0.05, 0) is 51.1 Å². The normalized spacial score (nSPS) is 10.8. The minimum absolute atomic E-state index is 0.557. The Morgan fingerprint density at radius 3 is 2.29 bits per heavy atom. The van der Waals surface area contributed by atoms with E-state index in [2.05, 4.69) is 20.4 Å². The number of anilines is 1. The number of carbonyl (C=O) groups excluding carboxylic acids is 2. The monoisotopic (exact) mass is 374 g/mol. The molecule has 0 atom stereocenters. The zero-order chi connectivity index (χ0) is 20.1. The summed E-state index contributed by atoms with van der Waals surface area (Å²) in [6.45, 7) is 5.93. The molecule has 0 aliphatic rings. The first-order valence-corrected chi connectivity index (χ1v) is 8.91. The molecule has 0 aliphatic heterocycles. The van der Waals surface area contributed by atoms with Crippen molar-refractivity contribution in [3.05, 3.63) is 83.2 Å². The third-order valence-electron chi connectivity index (χ3n) is 4.37. The Hall–Kier alpha value is -3.67. The first kappa shape index (κ1) is 19.1. The van der Waals surface area contributed by atoms with Crippen LogP contribution >= 0.6 is 0 Å². The van der Waals surface area contributed by atoms with Crippen LogP contribution in [0.15, 0.2) is 65.8 Å². The number of benzene rings is 2. The van der Waals surface area contributed by atoms with Crippen molar-refractivity contribution >= 4 is 23.7 Å². The van der Waals surface area contributed by atoms with Gasteiger partial charge < -0.3 is 9.88 Å². The fourth-order valence-corrected chi connectivity index (χ4v) is 2.93. The van der Waals surface area contributed by atoms with Gasteiger partial charge in [-0.1, -0.05) is 35.9 Å². The zero-order valence-corrected chi connectivity index (χ0v) is 16.1. The molecule has 142 valence electrons. The lowest BCUT2D eigenvalue weighted by Crippen LogP contribution is -2.32. The molecule has 0 aliphatic carbocycles. The molecule has 0 saturated carbocycles. The van der Waals surface area contributed by atoms with E-state index in [1.807, 2.05) is 69.3 Å². The maximum absolute atomic E-state index is 11.9. The van der Waals surface area contributed by atoms with Crippen molar-refractivity contribution in [2.75, 3.05) is 5.32 Å². The minimum Gasteiger partial charge on any atom is -0.318 e. The highest BCUT2D eigenvalue weighted by Gasteiger charge is 2.13. The van der Waals surface area contributed by atoms with Gasteiger partial charge in [0.05, 0.1) is 6.21 Å². The molecule has 2 N–H and O–H groups in total. The van der Waals surface area contributed by atoms with Gasteiger partial charge >= 0.3 is 11.8 Å². The van der Waals surface area contributed by atoms with Crippen LogP contribution in [0.25, 0.3) is 5.69 Å². The van der Waals surface area contributed by atoms with Gasteiger partial charge in [0.2, 0.25) is 0 Å². The molecule has 2 amide bonds. The van der Waals surface area contributed by atoms with Crippen LogP contribution in [-0.4, -0.2) is 22.6 Å². The van der Waals surface area contributed by atoms with Gasteiger partial charge in [0, 0.05) is 28.3 Å². The second-order valence-corrected chi connectivity index (χ2v) is 6.52. The van der Waals surface area contributed by atoms with Crippen LogP contribution in [0.5, 0.6) is 0 Å². The lowest BCUT2D eigenvalue weighted by molar-refractivity contribution is -0.136. The van der Waals surface area contributed by atoms with E-state index >= 15 is 0 Å². The predicted molar refractivity (Wildman–Crippen MR) is 111 cm³/mol. The van der Waals surface area contributed by atoms with Crippen LogP contribution in [-0.2, 0) is 9.59 Å². The van der Waals surface area contributed by atoms with Crippen molar-refractivity contribution in [2.45, 2.75) is 20.8 Å². The number of rotatable bonds is 4. The molecule has 0 saturated heterocycles. The van der Waals surface area contributed by atoms with Gasteiger partial charge in [-0.2, -0.15) is 5.10 Å². The molecule has 0 spiro atoms. The first-order valence-electron chi connectivity index (χ1n) is 8.91. The lowest BCUT2D eigenvalue weighted by atomic mass is 10.2. The Morgan fingerprint density at radius 2 is 1.61 bits per heavy atom. The number of aromatic nitrogens is 1. The molecule has 1 aromatic heterocycles. The standard InChI is InChI=1S/C22H22N4O2/c1-15-9-11-19(12-10-15)24-21(27)22(28)25-23-14-18-13-16(2)26(17(18)3)20-7-5-4-6-8-20/h4-14H,1-3H3,(H,24,27)(H,25,28)/b23-14-. The third kappa shape index (κ3) is 4.35. The molecular weight excluding hydrogens is 352 g/mol. The second-order valence-electron chi connectivity index (χ2n) is 6.52. The van der Waals surface area contributed by atoms with Crippen molar-refractivity contribution < 1.29 is 9.59 Å². The van der Waals surface area contributed by atoms with E-state index in [-0.39, 0.29) is 0 Å². The zero-order valence-electron chi connectivity index (χ0n) is 16.1. The molecule has 6 nitrogen and oxygen atoms in total. The summed E-state index contributed by atoms with van der Waals surface area (Å²) in [5.74, 6) is -1.59. The smallest absolute Gasteiger partial charge is 0.318 e. The second kappa shape index (κ2) is 8.35. The van der Waals surface area contributed by atoms with Gasteiger partial charge in [0.25, 0.3) is 0 Å². The largest absolute Gasteiger partial charge is 0.329 e. The van der Waals surface area contributed by atoms with Crippen LogP contribution in [0.4, 0.5) is 5.69 Å². The molecule has 2 aromatic carbocycles. The highest BCUT2D eigenvalue weighted by molar-refractivity contribution is 6.39. The summed E-state index contributed by atoms with van der Waals surface area (Å²) in [4.78, 5) is 23.9. The van der Waals surface area contributed by atoms with Gasteiger partial charge in [-0.25, -0.2) is 5.43 Å². The molecule has 0 radical (unpaired) electrons. The van der Waals surface area contributed by atoms with Crippen molar-refractivity contribution in [3.8, 4) is 5.69 Å². The van der Waals surface area contributed by atoms with Crippen molar-refractivity contribution in [1.29, 1.82) is 0 Å². The molecule has 0 bridgehead atoms. The number of para-hydroxylation sites is 1. The van der Waals surface area contributed by atoms with Gasteiger partial charge in [-0.15, -0.1) is 0 Å². The number of hydrogen-bond acceptors (Lipinski definition) is 3. The Bertz CT molecular complexity index is 1020. The number of hydrazone groups is 1. The first-order chi connectivity index (χ1) is 13.5. The Balaban J connectivity index is 1.65. The van der Waals surface area contributed by atoms with Gasteiger partial charge in [0.15, 0.2) is 0 Å². The number of carbonyl (C=O) groups is 2.